The molecule has 1 unspecified atom stereocenters. The van der Waals surface area contributed by atoms with Crippen molar-refractivity contribution in [2.45, 2.75) is 13.0 Å². The Morgan fingerprint density at radius 1 is 1.32 bits per heavy atom. The minimum Gasteiger partial charge on any atom is -0.494 e. The van der Waals surface area contributed by atoms with Crippen LogP contribution < -0.4 is 21.3 Å². The van der Waals surface area contributed by atoms with Crippen LogP contribution in [0.25, 0.3) is 22.0 Å². The number of benzene rings is 1. The molecular weight excluding hydrogens is 420 g/mol. The fraction of sp³-hybridized carbons (Fsp3) is 0.143. The highest BCUT2D eigenvalue weighted by molar-refractivity contribution is 6.30. The molecule has 9 nitrogen and oxygen atoms in total. The summed E-state index contributed by atoms with van der Waals surface area (Å²) in [7, 11) is 1.55. The Kier molecular flexibility index (Phi) is 5.35. The summed E-state index contributed by atoms with van der Waals surface area (Å²) in [6.07, 6.45) is 4.87. The van der Waals surface area contributed by atoms with Crippen molar-refractivity contribution in [3.8, 4) is 16.9 Å². The number of hydrogen-bond donors (Lipinski definition) is 3. The lowest BCUT2D eigenvalue weighted by Crippen LogP contribution is -2.24. The van der Waals surface area contributed by atoms with E-state index < -0.39 is 11.9 Å². The lowest BCUT2D eigenvalue weighted by molar-refractivity contribution is -0.120. The first-order valence-corrected chi connectivity index (χ1v) is 9.72. The average Bonchev–Trinajstić information content (AvgIpc) is 3.22. The summed E-state index contributed by atoms with van der Waals surface area (Å²) in [4.78, 5) is 30.7. The molecule has 0 saturated carbocycles. The maximum atomic E-state index is 12.4. The Labute approximate surface area is 181 Å². The van der Waals surface area contributed by atoms with Gasteiger partial charge in [0.1, 0.15) is 16.9 Å². The lowest BCUT2D eigenvalue weighted by atomic mass is 10.1. The molecule has 1 aromatic carbocycles. The number of pyridine rings is 2. The van der Waals surface area contributed by atoms with Crippen LogP contribution in [-0.2, 0) is 4.79 Å². The number of methoxy groups -OCH3 is 1. The monoisotopic (exact) mass is 438 g/mol. The number of H-pyrrole nitrogens is 1. The van der Waals surface area contributed by atoms with Crippen molar-refractivity contribution >= 4 is 39.8 Å². The number of nitrogens with one attached hydrogen (secondary N) is 2. The molecule has 4 N–H and O–H groups in total. The van der Waals surface area contributed by atoms with Gasteiger partial charge in [0.25, 0.3) is 5.56 Å². The minimum atomic E-state index is -0.585. The Morgan fingerprint density at radius 2 is 2.13 bits per heavy atom. The molecule has 4 rings (SSSR count). The van der Waals surface area contributed by atoms with Gasteiger partial charge in [-0.05, 0) is 25.1 Å². The number of fused-ring (bicyclic) bond motifs is 1. The van der Waals surface area contributed by atoms with Gasteiger partial charge < -0.3 is 20.8 Å². The first-order valence-electron chi connectivity index (χ1n) is 9.35. The maximum Gasteiger partial charge on any atom is 0.259 e. The number of amides is 1. The van der Waals surface area contributed by atoms with Crippen molar-refractivity contribution in [3.05, 3.63) is 64.4 Å². The molecular formula is C21H19ClN6O3. The Balaban J connectivity index is 1.80. The molecule has 0 bridgehead atoms. The molecule has 0 aliphatic carbocycles. The number of rotatable bonds is 6. The Morgan fingerprint density at radius 3 is 2.87 bits per heavy atom. The van der Waals surface area contributed by atoms with E-state index in [9.17, 15) is 9.59 Å². The van der Waals surface area contributed by atoms with Crippen LogP contribution in [0.2, 0.25) is 5.15 Å². The molecule has 0 spiro atoms. The summed E-state index contributed by atoms with van der Waals surface area (Å²) in [6, 6.07) is 8.19. The largest absolute Gasteiger partial charge is 0.494 e. The number of ether oxygens (including phenoxy) is 1. The second-order valence-corrected chi connectivity index (χ2v) is 7.25. The van der Waals surface area contributed by atoms with E-state index in [1.54, 1.807) is 38.6 Å². The number of nitrogens with zero attached hydrogens (tertiary/aromatic N) is 3. The van der Waals surface area contributed by atoms with Crippen LogP contribution in [0, 0.1) is 0 Å². The van der Waals surface area contributed by atoms with Gasteiger partial charge in [0.05, 0.1) is 35.6 Å². The first kappa shape index (κ1) is 20.4. The molecule has 10 heteroatoms. The zero-order chi connectivity index (χ0) is 22.1. The fourth-order valence-electron chi connectivity index (χ4n) is 3.31. The highest BCUT2D eigenvalue weighted by atomic mass is 35.5. The summed E-state index contributed by atoms with van der Waals surface area (Å²) in [5, 5.41) is 8.10. The van der Waals surface area contributed by atoms with Crippen molar-refractivity contribution in [1.29, 1.82) is 0 Å². The summed E-state index contributed by atoms with van der Waals surface area (Å²) < 4.78 is 7.16. The van der Waals surface area contributed by atoms with Gasteiger partial charge in [0.15, 0.2) is 0 Å². The lowest BCUT2D eigenvalue weighted by Gasteiger charge is -2.15. The molecule has 3 heterocycles. The smallest absolute Gasteiger partial charge is 0.259 e. The number of primary amides is 1. The van der Waals surface area contributed by atoms with Gasteiger partial charge in [-0.2, -0.15) is 5.10 Å². The standard InChI is InChI=1S/C21H19ClN6O3/c1-11(20(23)29)28-10-12(9-25-28)13-4-3-5-15(19(13)31-2)26-16-8-17(22)27-14-6-7-24-21(30)18(14)16/h3-11H,1-2H3,(H2,23,29)(H,24,30)(H,26,27). The van der Waals surface area contributed by atoms with Crippen molar-refractivity contribution < 1.29 is 9.53 Å². The molecule has 0 aliphatic rings. The van der Waals surface area contributed by atoms with Crippen LogP contribution in [0.5, 0.6) is 5.75 Å². The molecule has 0 aliphatic heterocycles. The van der Waals surface area contributed by atoms with E-state index in [4.69, 9.17) is 22.1 Å². The predicted octanol–water partition coefficient (Wildman–Crippen LogP) is 3.24. The normalized spacial score (nSPS) is 12.0. The molecule has 158 valence electrons. The van der Waals surface area contributed by atoms with Crippen molar-refractivity contribution in [1.82, 2.24) is 19.7 Å². The highest BCUT2D eigenvalue weighted by Crippen LogP contribution is 2.38. The van der Waals surface area contributed by atoms with Gasteiger partial charge in [-0.15, -0.1) is 0 Å². The number of aromatic nitrogens is 4. The summed E-state index contributed by atoms with van der Waals surface area (Å²) in [6.45, 7) is 1.67. The van der Waals surface area contributed by atoms with Crippen LogP contribution in [0.3, 0.4) is 0 Å². The maximum absolute atomic E-state index is 12.4. The molecule has 31 heavy (non-hydrogen) atoms. The van der Waals surface area contributed by atoms with E-state index >= 15 is 0 Å². The molecule has 3 aromatic heterocycles. The van der Waals surface area contributed by atoms with E-state index in [1.807, 2.05) is 18.2 Å². The van der Waals surface area contributed by atoms with E-state index in [0.717, 1.165) is 11.1 Å². The van der Waals surface area contributed by atoms with E-state index in [0.29, 0.717) is 28.0 Å². The van der Waals surface area contributed by atoms with Crippen molar-refractivity contribution in [3.63, 3.8) is 0 Å². The number of nitrogens with two attached hydrogens (primary N) is 1. The third kappa shape index (κ3) is 3.82. The quantitative estimate of drug-likeness (QED) is 0.396. The number of anilines is 2. The Hall–Kier alpha value is -3.85. The van der Waals surface area contributed by atoms with E-state index in [-0.39, 0.29) is 10.7 Å². The molecule has 0 radical (unpaired) electrons. The van der Waals surface area contributed by atoms with Gasteiger partial charge in [0, 0.05) is 23.5 Å². The van der Waals surface area contributed by atoms with Crippen LogP contribution in [0.15, 0.2) is 53.7 Å². The SMILES string of the molecule is COc1c(Nc2cc(Cl)nc3cc[nH]c(=O)c23)cccc1-c1cnn(C(C)C(N)=O)c1. The van der Waals surface area contributed by atoms with Crippen LogP contribution in [0.1, 0.15) is 13.0 Å². The topological polar surface area (TPSA) is 128 Å². The van der Waals surface area contributed by atoms with E-state index in [2.05, 4.69) is 20.4 Å². The predicted molar refractivity (Wildman–Crippen MR) is 119 cm³/mol. The summed E-state index contributed by atoms with van der Waals surface area (Å²) >= 11 is 6.16. The fourth-order valence-corrected chi connectivity index (χ4v) is 3.51. The summed E-state index contributed by atoms with van der Waals surface area (Å²) in [5.74, 6) is 0.0471. The number of carbonyl (C=O) groups is 1. The van der Waals surface area contributed by atoms with Gasteiger partial charge in [-0.25, -0.2) is 4.98 Å². The highest BCUT2D eigenvalue weighted by Gasteiger charge is 2.17. The number of aromatic amines is 1. The molecule has 1 amide bonds. The zero-order valence-electron chi connectivity index (χ0n) is 16.7. The molecule has 0 fully saturated rings. The number of halogens is 1. The molecule has 0 saturated heterocycles. The third-order valence-electron chi connectivity index (χ3n) is 4.91. The summed E-state index contributed by atoms with van der Waals surface area (Å²) in [5.41, 5.74) is 8.14. The zero-order valence-corrected chi connectivity index (χ0v) is 17.5. The number of para-hydroxylation sites is 1. The van der Waals surface area contributed by atoms with Gasteiger partial charge >= 0.3 is 0 Å². The minimum absolute atomic E-state index is 0.248. The van der Waals surface area contributed by atoms with Crippen molar-refractivity contribution in [2.75, 3.05) is 12.4 Å². The number of carbonyl (C=O) groups excluding carboxylic acids is 1. The van der Waals surface area contributed by atoms with E-state index in [1.165, 1.54) is 10.9 Å². The van der Waals surface area contributed by atoms with Crippen LogP contribution in [0.4, 0.5) is 11.4 Å². The van der Waals surface area contributed by atoms with Crippen LogP contribution >= 0.6 is 11.6 Å². The second-order valence-electron chi connectivity index (χ2n) is 6.86. The van der Waals surface area contributed by atoms with Gasteiger partial charge in [0.2, 0.25) is 5.91 Å². The molecule has 4 aromatic rings. The number of hydrogen-bond acceptors (Lipinski definition) is 6. The van der Waals surface area contributed by atoms with Gasteiger partial charge in [-0.3, -0.25) is 14.3 Å². The van der Waals surface area contributed by atoms with Gasteiger partial charge in [-0.1, -0.05) is 23.7 Å². The average molecular weight is 439 g/mol. The third-order valence-corrected chi connectivity index (χ3v) is 5.10. The first-order chi connectivity index (χ1) is 14.9. The Bertz CT molecular complexity index is 1350. The van der Waals surface area contributed by atoms with Crippen LogP contribution in [-0.4, -0.2) is 32.8 Å². The van der Waals surface area contributed by atoms with Crippen molar-refractivity contribution in [2.24, 2.45) is 5.73 Å². The second kappa shape index (κ2) is 8.11. The molecule has 1 atom stereocenters.